The molecule has 0 aromatic carbocycles. The molecule has 1 amide bonds. The number of hydrogen-bond acceptors (Lipinski definition) is 5. The van der Waals surface area contributed by atoms with Crippen LogP contribution in [0, 0.1) is 5.41 Å². The van der Waals surface area contributed by atoms with E-state index in [1.54, 1.807) is 34.3 Å². The molecule has 8 heteroatoms. The van der Waals surface area contributed by atoms with Gasteiger partial charge in [-0.05, 0) is 0 Å². The molecule has 0 radical (unpaired) electrons. The Morgan fingerprint density at radius 2 is 2.30 bits per heavy atom. The van der Waals surface area contributed by atoms with Crippen LogP contribution in [-0.4, -0.2) is 50.6 Å². The van der Waals surface area contributed by atoms with Crippen molar-refractivity contribution in [1.29, 1.82) is 0 Å². The number of nitrogens with two attached hydrogens (primary N) is 1. The first-order valence-corrected chi connectivity index (χ1v) is 7.28. The number of rotatable bonds is 3. The summed E-state index contributed by atoms with van der Waals surface area (Å²) in [5.41, 5.74) is 4.74. The summed E-state index contributed by atoms with van der Waals surface area (Å²) in [6.45, 7) is 0.519. The number of carboxylic acid groups (broad SMARTS) is 1. The number of carboxylic acids is 1. The number of hydrogen-bond donors (Lipinski definition) is 2. The minimum absolute atomic E-state index is 0.0718. The van der Waals surface area contributed by atoms with Crippen LogP contribution in [0.5, 0.6) is 0 Å². The predicted molar refractivity (Wildman–Crippen MR) is 70.4 cm³/mol. The average molecular weight is 295 g/mol. The molecule has 0 bridgehead atoms. The van der Waals surface area contributed by atoms with Crippen LogP contribution in [0.1, 0.15) is 0 Å². The van der Waals surface area contributed by atoms with Crippen LogP contribution in [0.25, 0.3) is 0 Å². The van der Waals surface area contributed by atoms with Crippen molar-refractivity contribution in [3.8, 4) is 0 Å². The molecular weight excluding hydrogens is 280 g/mol. The van der Waals surface area contributed by atoms with Crippen LogP contribution in [0.3, 0.4) is 0 Å². The van der Waals surface area contributed by atoms with E-state index in [1.807, 2.05) is 0 Å². The molecule has 106 valence electrons. The number of carbonyl (C=O) groups excluding carboxylic acids is 1. The van der Waals surface area contributed by atoms with Gasteiger partial charge in [-0.25, -0.2) is 4.57 Å². The maximum atomic E-state index is 11.7. The third-order valence-corrected chi connectivity index (χ3v) is 5.42. The maximum absolute atomic E-state index is 11.7. The molecule has 2 fully saturated rings. The van der Waals surface area contributed by atoms with E-state index < -0.39 is 17.4 Å². The van der Waals surface area contributed by atoms with Gasteiger partial charge in [0.1, 0.15) is 11.4 Å². The Labute approximate surface area is 119 Å². The molecule has 1 aromatic rings. The number of amides is 1. The Morgan fingerprint density at radius 3 is 2.95 bits per heavy atom. The van der Waals surface area contributed by atoms with E-state index in [0.717, 1.165) is 0 Å². The SMILES string of the molecule is NC1C(=O)N2CC(C[n+]3ccncc3)(C(=O)O)CS[C@H]12. The number of aliphatic carboxylic acids is 1. The van der Waals surface area contributed by atoms with Gasteiger partial charge in [0, 0.05) is 12.3 Å². The van der Waals surface area contributed by atoms with E-state index in [9.17, 15) is 14.7 Å². The number of nitrogens with zero attached hydrogens (tertiary/aromatic N) is 3. The molecule has 2 aliphatic heterocycles. The van der Waals surface area contributed by atoms with Gasteiger partial charge >= 0.3 is 5.97 Å². The van der Waals surface area contributed by atoms with Crippen molar-refractivity contribution in [3.05, 3.63) is 24.8 Å². The van der Waals surface area contributed by atoms with Gasteiger partial charge in [-0.1, -0.05) is 0 Å². The second-order valence-electron chi connectivity index (χ2n) is 5.20. The molecule has 2 unspecified atom stereocenters. The van der Waals surface area contributed by atoms with Gasteiger partial charge in [-0.15, -0.1) is 11.8 Å². The minimum atomic E-state index is -0.983. The van der Waals surface area contributed by atoms with Gasteiger partial charge in [0.25, 0.3) is 0 Å². The zero-order chi connectivity index (χ0) is 14.3. The van der Waals surface area contributed by atoms with Crippen molar-refractivity contribution in [1.82, 2.24) is 9.88 Å². The number of thioether (sulfide) groups is 1. The first kappa shape index (κ1) is 13.3. The summed E-state index contributed by atoms with van der Waals surface area (Å²) in [6.07, 6.45) is 6.67. The molecule has 1 aromatic heterocycles. The molecule has 3 heterocycles. The Kier molecular flexibility index (Phi) is 3.14. The summed E-state index contributed by atoms with van der Waals surface area (Å²) in [5.74, 6) is -0.603. The first-order valence-electron chi connectivity index (χ1n) is 6.24. The zero-order valence-corrected chi connectivity index (χ0v) is 11.5. The molecule has 3 N–H and O–H groups in total. The van der Waals surface area contributed by atoms with Crippen LogP contribution < -0.4 is 10.3 Å². The molecule has 2 saturated heterocycles. The molecule has 20 heavy (non-hydrogen) atoms. The fraction of sp³-hybridized carbons (Fsp3) is 0.500. The predicted octanol–water partition coefficient (Wildman–Crippen LogP) is -1.32. The Hall–Kier alpha value is -1.67. The van der Waals surface area contributed by atoms with E-state index in [0.29, 0.717) is 12.3 Å². The standard InChI is InChI=1S/C12H14N4O3S/c13-8-9(17)16-6-12(11(18)19,7-20-10(8)16)5-15-3-1-14-2-4-15/h1-4,8,10H,5-7,13H2/p+1/t8?,10-,12?/m1/s1. The topological polar surface area (TPSA) is 100 Å². The normalized spacial score (nSPS) is 32.5. The average Bonchev–Trinajstić information content (AvgIpc) is 2.47. The summed E-state index contributed by atoms with van der Waals surface area (Å²) in [6, 6.07) is -0.486. The lowest BCUT2D eigenvalue weighted by molar-refractivity contribution is -0.707. The number of fused-ring (bicyclic) bond motifs is 1. The Balaban J connectivity index is 1.83. The molecule has 3 rings (SSSR count). The highest BCUT2D eigenvalue weighted by Crippen LogP contribution is 2.41. The van der Waals surface area contributed by atoms with Crippen LogP contribution in [0.4, 0.5) is 0 Å². The van der Waals surface area contributed by atoms with Gasteiger partial charge in [0.05, 0.1) is 12.4 Å². The van der Waals surface area contributed by atoms with Gasteiger partial charge < -0.3 is 15.7 Å². The van der Waals surface area contributed by atoms with Crippen LogP contribution in [0.15, 0.2) is 24.8 Å². The van der Waals surface area contributed by atoms with Gasteiger partial charge in [0.2, 0.25) is 5.91 Å². The molecule has 0 aliphatic carbocycles. The maximum Gasteiger partial charge on any atom is 0.318 e. The van der Waals surface area contributed by atoms with E-state index >= 15 is 0 Å². The van der Waals surface area contributed by atoms with Crippen molar-refractivity contribution in [3.63, 3.8) is 0 Å². The second kappa shape index (κ2) is 4.71. The van der Waals surface area contributed by atoms with Crippen molar-refractivity contribution < 1.29 is 19.3 Å². The van der Waals surface area contributed by atoms with E-state index in [-0.39, 0.29) is 17.8 Å². The van der Waals surface area contributed by atoms with E-state index in [2.05, 4.69) is 4.98 Å². The zero-order valence-electron chi connectivity index (χ0n) is 10.7. The lowest BCUT2D eigenvalue weighted by Crippen LogP contribution is -2.73. The fourth-order valence-corrected chi connectivity index (χ4v) is 4.10. The highest BCUT2D eigenvalue weighted by Gasteiger charge is 2.57. The molecular formula is C12H15N4O3S+. The Morgan fingerprint density at radius 1 is 1.60 bits per heavy atom. The second-order valence-corrected chi connectivity index (χ2v) is 6.30. The number of carbonyl (C=O) groups is 2. The van der Waals surface area contributed by atoms with Gasteiger partial charge in [-0.3, -0.25) is 14.6 Å². The van der Waals surface area contributed by atoms with Crippen LogP contribution >= 0.6 is 11.8 Å². The highest BCUT2D eigenvalue weighted by atomic mass is 32.2. The van der Waals surface area contributed by atoms with Crippen LogP contribution in [0.2, 0.25) is 0 Å². The van der Waals surface area contributed by atoms with Crippen molar-refractivity contribution >= 4 is 23.6 Å². The van der Waals surface area contributed by atoms with E-state index in [1.165, 1.54) is 11.8 Å². The lowest BCUT2D eigenvalue weighted by Gasteiger charge is -2.51. The third kappa shape index (κ3) is 1.95. The molecule has 3 atom stereocenters. The Bertz CT molecular complexity index is 555. The summed E-state index contributed by atoms with van der Waals surface area (Å²) < 4.78 is 1.78. The monoisotopic (exact) mass is 295 g/mol. The van der Waals surface area contributed by atoms with Gasteiger partial charge in [0.15, 0.2) is 24.4 Å². The molecule has 2 aliphatic rings. The lowest BCUT2D eigenvalue weighted by atomic mass is 9.87. The molecule has 0 saturated carbocycles. The quantitative estimate of drug-likeness (QED) is 0.530. The van der Waals surface area contributed by atoms with Crippen molar-refractivity contribution in [2.24, 2.45) is 11.1 Å². The van der Waals surface area contributed by atoms with Crippen molar-refractivity contribution in [2.45, 2.75) is 18.0 Å². The smallest absolute Gasteiger partial charge is 0.318 e. The molecule has 0 spiro atoms. The summed E-state index contributed by atoms with van der Waals surface area (Å²) >= 11 is 1.45. The third-order valence-electron chi connectivity index (χ3n) is 3.81. The summed E-state index contributed by atoms with van der Waals surface area (Å²) in [4.78, 5) is 29.0. The first-order chi connectivity index (χ1) is 9.53. The fourth-order valence-electron chi connectivity index (χ4n) is 2.62. The number of β-lactam (4-membered cyclic amide) rings is 1. The number of aromatic nitrogens is 2. The van der Waals surface area contributed by atoms with Crippen molar-refractivity contribution in [2.75, 3.05) is 12.3 Å². The molecule has 7 nitrogen and oxygen atoms in total. The summed E-state index contributed by atoms with van der Waals surface area (Å²) in [5, 5.41) is 9.55. The summed E-state index contributed by atoms with van der Waals surface area (Å²) in [7, 11) is 0. The van der Waals surface area contributed by atoms with Gasteiger partial charge in [-0.2, -0.15) is 0 Å². The minimum Gasteiger partial charge on any atom is -0.481 e. The van der Waals surface area contributed by atoms with Crippen LogP contribution in [-0.2, 0) is 16.1 Å². The van der Waals surface area contributed by atoms with E-state index in [4.69, 9.17) is 5.73 Å². The largest absolute Gasteiger partial charge is 0.481 e. The highest BCUT2D eigenvalue weighted by molar-refractivity contribution is 8.00.